The first-order valence-electron chi connectivity index (χ1n) is 47.9. The van der Waals surface area contributed by atoms with Crippen LogP contribution in [0.4, 0.5) is 11.4 Å². The number of fused-ring (bicyclic) bond motifs is 10. The number of aliphatic carboxylic acids is 1. The molecule has 141 heavy (non-hydrogen) atoms. The third kappa shape index (κ3) is 25.6. The summed E-state index contributed by atoms with van der Waals surface area (Å²) in [7, 11) is 11.8. The van der Waals surface area contributed by atoms with Crippen molar-refractivity contribution in [1.29, 1.82) is 0 Å². The number of nitrogens with zero attached hydrogens (tertiary/aromatic N) is 7. The number of esters is 4. The van der Waals surface area contributed by atoms with Crippen molar-refractivity contribution in [3.8, 4) is 11.5 Å². The SMILES string of the molecule is COc1cc2cc(c1Cl)N(C)C(=O)C[C@H](OC(=O)[C@H](C)N(C)C(=O)CCS[C@@H]1CC(=O)N(CC3CCC(C(=O)O)CC3)C1=O)[C@]1(C)O[C@H]1[C@H](C)[C@@H]1C[C@@](O)(CC(=O)O1)[C@H](OC)/C=C/C=C(\C)C2.COc1cc2cc(c1Cl)N(C)C(=O)C[C@H](OC(=O)[C@H](C)N(C)C(=O)CCS[C@H]1CC(=O)N(CC3CCC(C(=O)ON4C(=O)CCC4=O)CC3)C1=O)[C@]1(C)O[C@H]1[C@H](C)[C@@H]1C[C@@](O)(CC(=O)O1)[C@H](OC)/C=C/C=C(\C)C2. The van der Waals surface area contributed by atoms with Crippen LogP contribution in [0.3, 0.4) is 0 Å². The molecule has 9 fully saturated rings. The number of anilines is 2. The van der Waals surface area contributed by atoms with Gasteiger partial charge in [-0.2, -0.15) is 0 Å². The number of hydrogen-bond acceptors (Lipinski definition) is 31. The maximum atomic E-state index is 14.4. The van der Waals surface area contributed by atoms with Crippen LogP contribution in [0.25, 0.3) is 0 Å². The molecule has 41 heteroatoms. The van der Waals surface area contributed by atoms with Crippen LogP contribution in [0.2, 0.25) is 10.0 Å². The number of amides is 10. The first-order chi connectivity index (χ1) is 66.6. The Morgan fingerprint density at radius 3 is 1.28 bits per heavy atom. The minimum Gasteiger partial charge on any atom is -0.495 e. The highest BCUT2D eigenvalue weighted by molar-refractivity contribution is 8.00. The van der Waals surface area contributed by atoms with E-state index in [1.54, 1.807) is 90.4 Å². The number of methoxy groups -OCH3 is 4. The fourth-order valence-electron chi connectivity index (χ4n) is 20.3. The van der Waals surface area contributed by atoms with E-state index in [9.17, 15) is 92.0 Å². The predicted octanol–water partition coefficient (Wildman–Crippen LogP) is 9.33. The van der Waals surface area contributed by atoms with Crippen molar-refractivity contribution in [3.63, 3.8) is 0 Å². The quantitative estimate of drug-likeness (QED) is 0.0360. The second kappa shape index (κ2) is 46.5. The van der Waals surface area contributed by atoms with Gasteiger partial charge in [-0.3, -0.25) is 72.1 Å². The fourth-order valence-corrected chi connectivity index (χ4v) is 23.2. The Labute approximate surface area is 838 Å². The van der Waals surface area contributed by atoms with Gasteiger partial charge in [0.05, 0.1) is 85.8 Å². The largest absolute Gasteiger partial charge is 0.495 e. The highest BCUT2D eigenvalue weighted by Crippen LogP contribution is 2.53. The number of likely N-dealkylation sites (tertiary alicyclic amines) is 2. The molecule has 9 aliphatic heterocycles. The summed E-state index contributed by atoms with van der Waals surface area (Å²) in [5, 5.41) is 32.8. The van der Waals surface area contributed by atoms with Crippen molar-refractivity contribution in [3.05, 3.63) is 93.0 Å². The number of rotatable bonds is 25. The number of hydroxylamine groups is 2. The molecule has 37 nitrogen and oxygen atoms in total. The molecule has 9 heterocycles. The zero-order valence-corrected chi connectivity index (χ0v) is 85.8. The van der Waals surface area contributed by atoms with Crippen molar-refractivity contribution in [2.75, 3.05) is 91.0 Å². The lowest BCUT2D eigenvalue weighted by Crippen LogP contribution is -2.53. The Bertz CT molecular complexity index is 5250. The molecule has 0 aromatic heterocycles. The average Bonchev–Trinajstić information content (AvgIpc) is 1.57. The molecule has 7 saturated heterocycles. The maximum Gasteiger partial charge on any atom is 0.336 e. The molecule has 2 aromatic carbocycles. The predicted molar refractivity (Wildman–Crippen MR) is 514 cm³/mol. The Kier molecular flexibility index (Phi) is 36.2. The number of hydrogen-bond donors (Lipinski definition) is 3. The van der Waals surface area contributed by atoms with Crippen molar-refractivity contribution >= 4 is 153 Å². The number of carboxylic acid groups (broad SMARTS) is 1. The smallest absolute Gasteiger partial charge is 0.336 e. The Morgan fingerprint density at radius 2 is 0.915 bits per heavy atom. The summed E-state index contributed by atoms with van der Waals surface area (Å²) in [6.45, 7) is 14.2. The molecular formula is C100H131Cl2N7O30S2. The lowest BCUT2D eigenvalue weighted by atomic mass is 9.78. The molecule has 13 rings (SSSR count). The van der Waals surface area contributed by atoms with Gasteiger partial charge in [0.15, 0.2) is 0 Å². The summed E-state index contributed by atoms with van der Waals surface area (Å²) in [4.78, 5) is 223. The van der Waals surface area contributed by atoms with Crippen LogP contribution in [0.1, 0.15) is 195 Å². The molecule has 2 aliphatic carbocycles. The van der Waals surface area contributed by atoms with E-state index < -0.39 is 189 Å². The van der Waals surface area contributed by atoms with Crippen LogP contribution in [0, 0.1) is 35.5 Å². The second-order valence-corrected chi connectivity index (χ2v) is 42.9. The van der Waals surface area contributed by atoms with Crippen molar-refractivity contribution in [2.24, 2.45) is 35.5 Å². The van der Waals surface area contributed by atoms with E-state index in [0.717, 1.165) is 22.3 Å². The minimum atomic E-state index is -1.64. The van der Waals surface area contributed by atoms with E-state index >= 15 is 0 Å². The van der Waals surface area contributed by atoms with Crippen molar-refractivity contribution in [1.82, 2.24) is 24.7 Å². The van der Waals surface area contributed by atoms with Gasteiger partial charge in [-0.15, -0.1) is 28.6 Å². The van der Waals surface area contributed by atoms with Gasteiger partial charge >= 0.3 is 35.8 Å². The molecule has 10 amide bonds. The van der Waals surface area contributed by atoms with Gasteiger partial charge in [-0.1, -0.05) is 84.7 Å². The zero-order chi connectivity index (χ0) is 103. The standard InChI is InChI=1S/C52H67ClN4O16S.C48H64ClN3O14S/c1-28-10-9-11-38(69-8)52(67)25-36(70-45(63)26-52)29(2)47-51(4,72-47)39(24-43(61)55(6)34-21-32(20-28)22-35(68-7)46(34)53)71-49(65)30(3)54(5)40(58)18-19-74-37-23-44(62)56(48(37)64)27-31-12-14-33(15-13-31)50(66)73-57-41(59)16-17-42(57)60;1-26-10-9-11-36(63-8)48(61)23-34(64-41(56)24-48)27(2)43-47(4,66-43)37(22-39(54)51(6)32-19-30(18-26)20-33(62-7)42(32)49)65-46(60)28(3)50(5)38(53)16-17-67-35-21-40(55)52(44(35)57)25-29-12-14-31(15-13-29)45(58)59/h9-11,21-22,29-31,33,36-39,47,67H,12-20,23-27H2,1-8H3;9-11,19-20,27-29,31,34-37,43,61H,12-18,21-25H2,1-8H3,(H,58,59)/b11-9+,28-10+;11-9+,26-10+/t29-,30+,31?,33?,36+,37+,38-,39+,47+,51+,52-;27-,28+,29?,31?,34+,35-,36-,37+,43+,47+,48-/m11/s1. The summed E-state index contributed by atoms with van der Waals surface area (Å²) < 4.78 is 59.2. The van der Waals surface area contributed by atoms with Gasteiger partial charge in [0.2, 0.25) is 47.3 Å². The van der Waals surface area contributed by atoms with Crippen molar-refractivity contribution < 1.29 is 144 Å². The third-order valence-electron chi connectivity index (χ3n) is 29.7. The topological polar surface area (TPSA) is 465 Å². The first kappa shape index (κ1) is 110. The summed E-state index contributed by atoms with van der Waals surface area (Å²) in [5.74, 6) is -9.59. The number of carbonyl (C=O) groups excluding carboxylic acids is 15. The van der Waals surface area contributed by atoms with Crippen LogP contribution in [0.15, 0.2) is 71.9 Å². The number of epoxide rings is 2. The summed E-state index contributed by atoms with van der Waals surface area (Å²) in [6, 6.07) is 4.82. The van der Waals surface area contributed by atoms with Crippen LogP contribution >= 0.6 is 46.7 Å². The van der Waals surface area contributed by atoms with E-state index in [-0.39, 0.29) is 147 Å². The Hall–Kier alpha value is -9.84. The zero-order valence-electron chi connectivity index (χ0n) is 82.6. The van der Waals surface area contributed by atoms with Crippen molar-refractivity contribution in [2.45, 2.75) is 290 Å². The highest BCUT2D eigenvalue weighted by atomic mass is 35.5. The highest BCUT2D eigenvalue weighted by Gasteiger charge is 2.67. The average molecular weight is 2050 g/mol. The molecule has 18 atom stereocenters. The van der Waals surface area contributed by atoms with E-state index in [1.807, 2.05) is 26.0 Å². The summed E-state index contributed by atoms with van der Waals surface area (Å²) in [6.07, 6.45) is 6.81. The Morgan fingerprint density at radius 1 is 0.539 bits per heavy atom. The minimum absolute atomic E-state index is 0.00121. The van der Waals surface area contributed by atoms with Gasteiger partial charge in [0.1, 0.15) is 92.7 Å². The third-order valence-corrected chi connectivity index (χ3v) is 32.9. The number of likely N-dealkylation sites (N-methyl/N-ethyl adjacent to an activating group) is 2. The number of ether oxygens (including phenoxy) is 10. The molecule has 0 radical (unpaired) electrons. The molecule has 8 bridgehead atoms. The molecule has 2 saturated carbocycles. The van der Waals surface area contributed by atoms with Gasteiger partial charge in [0.25, 0.3) is 11.8 Å². The summed E-state index contributed by atoms with van der Waals surface area (Å²) in [5.41, 5.74) is -1.77. The van der Waals surface area contributed by atoms with Crippen LogP contribution < -0.4 is 19.3 Å². The van der Waals surface area contributed by atoms with Crippen LogP contribution in [-0.4, -0.2) is 310 Å². The number of benzene rings is 2. The maximum absolute atomic E-state index is 14.4. The second-order valence-electron chi connectivity index (χ2n) is 39.5. The van der Waals surface area contributed by atoms with Gasteiger partial charge in [-0.05, 0) is 153 Å². The number of imide groups is 3. The fraction of sp³-hybridized carbons (Fsp3) is 0.640. The molecule has 2 aromatic rings. The van der Waals surface area contributed by atoms with Crippen LogP contribution in [0.5, 0.6) is 11.5 Å². The number of carboxylic acids is 1. The molecular weight excluding hydrogens is 1910 g/mol. The van der Waals surface area contributed by atoms with E-state index in [2.05, 4.69) is 0 Å². The Balaban J connectivity index is 0.000000253. The molecule has 11 aliphatic rings. The number of halogens is 2. The molecule has 3 N–H and O–H groups in total. The van der Waals surface area contributed by atoms with Gasteiger partial charge in [0, 0.05) is 130 Å². The van der Waals surface area contributed by atoms with E-state index in [4.69, 9.17) is 75.4 Å². The van der Waals surface area contributed by atoms with Gasteiger partial charge < -0.3 is 87.1 Å². The molecule has 0 spiro atoms. The number of allylic oxidation sites excluding steroid dienone is 6. The lowest BCUT2D eigenvalue weighted by molar-refractivity contribution is -0.201. The lowest BCUT2D eigenvalue weighted by Gasteiger charge is -2.41. The van der Waals surface area contributed by atoms with E-state index in [0.29, 0.717) is 92.1 Å². The van der Waals surface area contributed by atoms with Crippen LogP contribution in [-0.2, 0) is 132 Å². The van der Waals surface area contributed by atoms with Gasteiger partial charge in [-0.25, -0.2) is 14.4 Å². The number of thioether (sulfide) groups is 2. The first-order valence-corrected chi connectivity index (χ1v) is 50.8. The summed E-state index contributed by atoms with van der Waals surface area (Å²) >= 11 is 16.0. The molecule has 772 valence electrons. The van der Waals surface area contributed by atoms with E-state index in [1.165, 1.54) is 109 Å². The normalized spacial score (nSPS) is 32.7. The molecule has 0 unspecified atom stereocenters. The monoisotopic (exact) mass is 2040 g/mol. The number of carbonyl (C=O) groups is 16. The number of aliphatic hydroxyl groups is 2.